The molecule has 0 spiro atoms. The van der Waals surface area contributed by atoms with Gasteiger partial charge in [-0.25, -0.2) is 8.42 Å². The lowest BCUT2D eigenvalue weighted by Crippen LogP contribution is -2.38. The van der Waals surface area contributed by atoms with E-state index in [1.54, 1.807) is 0 Å². The van der Waals surface area contributed by atoms with Crippen molar-refractivity contribution >= 4 is 33.2 Å². The van der Waals surface area contributed by atoms with E-state index in [9.17, 15) is 26.4 Å². The van der Waals surface area contributed by atoms with Crippen molar-refractivity contribution in [1.82, 2.24) is 4.31 Å². The Kier molecular flexibility index (Phi) is 4.93. The Morgan fingerprint density at radius 1 is 1.39 bits per heavy atom. The summed E-state index contributed by atoms with van der Waals surface area (Å²) in [7, 11) is -3.57. The van der Waals surface area contributed by atoms with Crippen molar-refractivity contribution in [3.05, 3.63) is 28.8 Å². The van der Waals surface area contributed by atoms with Crippen LogP contribution in [0.5, 0.6) is 0 Å². The minimum atomic E-state index is -4.57. The number of carbonyl (C=O) groups excluding carboxylic acids is 1. The fourth-order valence-corrected chi connectivity index (χ4v) is 3.28. The Balaban J connectivity index is 2.14. The van der Waals surface area contributed by atoms with E-state index in [-0.39, 0.29) is 16.8 Å². The van der Waals surface area contributed by atoms with E-state index in [4.69, 9.17) is 11.6 Å². The van der Waals surface area contributed by atoms with Crippen LogP contribution >= 0.6 is 11.6 Å². The standard InChI is InChI=1S/C13H14ClF3N2O3S/c1-23(21,22)19(9-3-4-9)7-12(20)18-11-6-8(13(15,16)17)2-5-10(11)14/h2,5-6,9H,3-4,7H2,1H3,(H,18,20). The largest absolute Gasteiger partial charge is 0.416 e. The molecule has 5 nitrogen and oxygen atoms in total. The molecule has 23 heavy (non-hydrogen) atoms. The van der Waals surface area contributed by atoms with Crippen LogP contribution in [0.15, 0.2) is 18.2 Å². The van der Waals surface area contributed by atoms with Gasteiger partial charge in [-0.1, -0.05) is 11.6 Å². The van der Waals surface area contributed by atoms with Gasteiger partial charge in [0.1, 0.15) is 0 Å². The second-order valence-corrected chi connectivity index (χ2v) is 7.62. The molecular weight excluding hydrogens is 357 g/mol. The smallest absolute Gasteiger partial charge is 0.324 e. The predicted molar refractivity (Wildman–Crippen MR) is 79.7 cm³/mol. The highest BCUT2D eigenvalue weighted by molar-refractivity contribution is 7.88. The summed E-state index contributed by atoms with van der Waals surface area (Å²) in [6.45, 7) is -0.462. The van der Waals surface area contributed by atoms with E-state index < -0.39 is 34.2 Å². The topological polar surface area (TPSA) is 66.5 Å². The SMILES string of the molecule is CS(=O)(=O)N(CC(=O)Nc1cc(C(F)(F)F)ccc1Cl)C1CC1. The van der Waals surface area contributed by atoms with E-state index in [1.807, 2.05) is 0 Å². The molecule has 128 valence electrons. The van der Waals surface area contributed by atoms with E-state index in [1.165, 1.54) is 0 Å². The Morgan fingerprint density at radius 2 is 2.00 bits per heavy atom. The van der Waals surface area contributed by atoms with Crippen molar-refractivity contribution in [2.75, 3.05) is 18.1 Å². The van der Waals surface area contributed by atoms with Crippen LogP contribution in [0.2, 0.25) is 5.02 Å². The number of nitrogens with zero attached hydrogens (tertiary/aromatic N) is 1. The van der Waals surface area contributed by atoms with E-state index in [0.717, 1.165) is 22.7 Å². The van der Waals surface area contributed by atoms with Crippen molar-refractivity contribution in [3.8, 4) is 0 Å². The third-order valence-electron chi connectivity index (χ3n) is 3.25. The Bertz CT molecular complexity index is 718. The third kappa shape index (κ3) is 4.82. The van der Waals surface area contributed by atoms with Gasteiger partial charge in [-0.2, -0.15) is 17.5 Å². The fourth-order valence-electron chi connectivity index (χ4n) is 2.01. The van der Waals surface area contributed by atoms with Gasteiger partial charge < -0.3 is 5.32 Å². The Labute approximate surface area is 136 Å². The van der Waals surface area contributed by atoms with E-state index in [2.05, 4.69) is 5.32 Å². The number of rotatable bonds is 5. The van der Waals surface area contributed by atoms with Gasteiger partial charge in [0.25, 0.3) is 0 Å². The van der Waals surface area contributed by atoms with Gasteiger partial charge >= 0.3 is 6.18 Å². The molecule has 1 aliphatic rings. The highest BCUT2D eigenvalue weighted by Gasteiger charge is 2.36. The quantitative estimate of drug-likeness (QED) is 0.866. The molecule has 10 heteroatoms. The van der Waals surface area contributed by atoms with Crippen LogP contribution in [0.25, 0.3) is 0 Å². The second kappa shape index (κ2) is 6.29. The first-order chi connectivity index (χ1) is 10.5. The summed E-state index contributed by atoms with van der Waals surface area (Å²) in [5.41, 5.74) is -1.17. The fraction of sp³-hybridized carbons (Fsp3) is 0.462. The van der Waals surface area contributed by atoms with Crippen LogP contribution in [-0.2, 0) is 21.0 Å². The molecule has 1 N–H and O–H groups in total. The molecule has 1 saturated carbocycles. The molecule has 1 fully saturated rings. The van der Waals surface area contributed by atoms with Gasteiger partial charge in [0.2, 0.25) is 15.9 Å². The number of hydrogen-bond acceptors (Lipinski definition) is 3. The zero-order valence-electron chi connectivity index (χ0n) is 12.0. The lowest BCUT2D eigenvalue weighted by Gasteiger charge is -2.19. The molecule has 0 aliphatic heterocycles. The van der Waals surface area contributed by atoms with Crippen molar-refractivity contribution in [2.45, 2.75) is 25.1 Å². The summed E-state index contributed by atoms with van der Waals surface area (Å²) >= 11 is 5.78. The number of benzene rings is 1. The number of alkyl halides is 3. The van der Waals surface area contributed by atoms with Gasteiger partial charge in [-0.3, -0.25) is 4.79 Å². The molecule has 0 heterocycles. The van der Waals surface area contributed by atoms with Crippen LogP contribution in [0.3, 0.4) is 0 Å². The molecule has 0 bridgehead atoms. The summed E-state index contributed by atoms with van der Waals surface area (Å²) in [5, 5.41) is 2.16. The second-order valence-electron chi connectivity index (χ2n) is 5.28. The number of amides is 1. The number of halogens is 4. The number of carbonyl (C=O) groups is 1. The van der Waals surface area contributed by atoms with Gasteiger partial charge in [0.15, 0.2) is 0 Å². The molecule has 0 unspecified atom stereocenters. The minimum absolute atomic E-state index is 0.0660. The van der Waals surface area contributed by atoms with Crippen LogP contribution in [0.4, 0.5) is 18.9 Å². The van der Waals surface area contributed by atoms with Gasteiger partial charge in [0.05, 0.1) is 29.1 Å². The molecule has 1 aromatic carbocycles. The molecule has 0 radical (unpaired) electrons. The Morgan fingerprint density at radius 3 is 2.48 bits per heavy atom. The zero-order valence-corrected chi connectivity index (χ0v) is 13.6. The van der Waals surface area contributed by atoms with Crippen LogP contribution in [0.1, 0.15) is 18.4 Å². The lowest BCUT2D eigenvalue weighted by molar-refractivity contribution is -0.137. The summed E-state index contributed by atoms with van der Waals surface area (Å²) < 4.78 is 62.3. The average molecular weight is 371 g/mol. The molecule has 1 aromatic rings. The Hall–Kier alpha value is -1.32. The average Bonchev–Trinajstić information content (AvgIpc) is 3.20. The van der Waals surface area contributed by atoms with Gasteiger partial charge in [-0.05, 0) is 31.0 Å². The molecule has 1 amide bonds. The summed E-state index contributed by atoms with van der Waals surface area (Å²) in [6, 6.07) is 2.30. The first-order valence-electron chi connectivity index (χ1n) is 6.62. The monoisotopic (exact) mass is 370 g/mol. The predicted octanol–water partition coefficient (Wildman–Crippen LogP) is 2.72. The van der Waals surface area contributed by atoms with Gasteiger partial charge in [0, 0.05) is 6.04 Å². The molecule has 0 atom stereocenters. The van der Waals surface area contributed by atoms with E-state index in [0.29, 0.717) is 18.9 Å². The molecule has 1 aliphatic carbocycles. The summed E-state index contributed by atoms with van der Waals surface area (Å²) in [4.78, 5) is 12.0. The van der Waals surface area contributed by atoms with Crippen molar-refractivity contribution in [3.63, 3.8) is 0 Å². The molecule has 2 rings (SSSR count). The summed E-state index contributed by atoms with van der Waals surface area (Å²) in [6.07, 6.45) is -2.28. The zero-order chi connectivity index (χ0) is 17.4. The maximum absolute atomic E-state index is 12.7. The lowest BCUT2D eigenvalue weighted by atomic mass is 10.2. The number of hydrogen-bond donors (Lipinski definition) is 1. The first-order valence-corrected chi connectivity index (χ1v) is 8.84. The van der Waals surface area contributed by atoms with Crippen molar-refractivity contribution in [1.29, 1.82) is 0 Å². The molecular formula is C13H14ClF3N2O3S. The highest BCUT2D eigenvalue weighted by atomic mass is 35.5. The molecule has 0 saturated heterocycles. The van der Waals surface area contributed by atoms with Gasteiger partial charge in [-0.15, -0.1) is 0 Å². The third-order valence-corrected chi connectivity index (χ3v) is 4.86. The number of sulfonamides is 1. The first kappa shape index (κ1) is 18.0. The normalized spacial score (nSPS) is 15.7. The maximum Gasteiger partial charge on any atom is 0.416 e. The van der Waals surface area contributed by atoms with Crippen LogP contribution in [-0.4, -0.2) is 37.5 Å². The van der Waals surface area contributed by atoms with Crippen molar-refractivity contribution < 1.29 is 26.4 Å². The van der Waals surface area contributed by atoms with Crippen LogP contribution in [0, 0.1) is 0 Å². The highest BCUT2D eigenvalue weighted by Crippen LogP contribution is 2.34. The minimum Gasteiger partial charge on any atom is -0.324 e. The van der Waals surface area contributed by atoms with E-state index >= 15 is 0 Å². The number of nitrogens with one attached hydrogen (secondary N) is 1. The van der Waals surface area contributed by atoms with Crippen LogP contribution < -0.4 is 5.32 Å². The maximum atomic E-state index is 12.7. The number of anilines is 1. The molecule has 0 aromatic heterocycles. The summed E-state index contributed by atoms with van der Waals surface area (Å²) in [5.74, 6) is -0.747. The van der Waals surface area contributed by atoms with Crippen molar-refractivity contribution in [2.24, 2.45) is 0 Å².